The van der Waals surface area contributed by atoms with Gasteiger partial charge in [0, 0.05) is 12.1 Å². The Bertz CT molecular complexity index is 797. The number of nitrogens with one attached hydrogen (secondary N) is 1. The summed E-state index contributed by atoms with van der Waals surface area (Å²) in [6, 6.07) is 13.5. The number of aliphatic carboxylic acids is 1. The molecule has 2 N–H and O–H groups in total. The largest absolute Gasteiger partial charge is 0.481 e. The van der Waals surface area contributed by atoms with Crippen molar-refractivity contribution in [3.05, 3.63) is 65.2 Å². The summed E-state index contributed by atoms with van der Waals surface area (Å²) in [5, 5.41) is 11.4. The Hall–Kier alpha value is -3.15. The maximum absolute atomic E-state index is 12.3. The molecular weight excluding hydrogens is 310 g/mol. The normalized spacial score (nSPS) is 16.0. The Morgan fingerprint density at radius 2 is 1.83 bits per heavy atom. The molecule has 0 radical (unpaired) electrons. The summed E-state index contributed by atoms with van der Waals surface area (Å²) < 4.78 is 5.19. The molecule has 0 fully saturated rings. The maximum Gasteiger partial charge on any atom is 0.339 e. The third-order valence-corrected chi connectivity index (χ3v) is 3.76. The first-order chi connectivity index (χ1) is 11.5. The number of anilines is 1. The van der Waals surface area contributed by atoms with Crippen LogP contribution in [0.2, 0.25) is 0 Å². The highest BCUT2D eigenvalue weighted by Gasteiger charge is 2.30. The number of carbonyl (C=O) groups excluding carboxylic acids is 2. The monoisotopic (exact) mass is 325 g/mol. The van der Waals surface area contributed by atoms with Crippen molar-refractivity contribution in [2.45, 2.75) is 18.9 Å². The first kappa shape index (κ1) is 15.7. The highest BCUT2D eigenvalue weighted by molar-refractivity contribution is 6.00. The van der Waals surface area contributed by atoms with E-state index in [2.05, 4.69) is 5.32 Å². The summed E-state index contributed by atoms with van der Waals surface area (Å²) >= 11 is 0. The van der Waals surface area contributed by atoms with Crippen molar-refractivity contribution in [1.82, 2.24) is 0 Å². The fraction of sp³-hybridized carbons (Fsp3) is 0.167. The lowest BCUT2D eigenvalue weighted by Gasteiger charge is -2.23. The molecule has 1 amide bonds. The maximum atomic E-state index is 12.3. The number of hydrogen-bond donors (Lipinski definition) is 2. The number of carbonyl (C=O) groups is 3. The molecule has 0 spiro atoms. The molecule has 0 saturated heterocycles. The number of hydrogen-bond acceptors (Lipinski definition) is 4. The number of carboxylic acids is 1. The lowest BCUT2D eigenvalue weighted by Crippen LogP contribution is -2.37. The van der Waals surface area contributed by atoms with Crippen LogP contribution in [0.15, 0.2) is 48.5 Å². The molecule has 1 atom stereocenters. The zero-order chi connectivity index (χ0) is 17.1. The summed E-state index contributed by atoms with van der Waals surface area (Å²) in [5.74, 6) is -1.84. The van der Waals surface area contributed by atoms with E-state index in [-0.39, 0.29) is 6.42 Å². The van der Waals surface area contributed by atoms with Crippen LogP contribution in [0.4, 0.5) is 5.69 Å². The molecule has 0 aliphatic carbocycles. The van der Waals surface area contributed by atoms with Crippen molar-refractivity contribution in [2.75, 3.05) is 5.32 Å². The average molecular weight is 325 g/mol. The lowest BCUT2D eigenvalue weighted by atomic mass is 9.98. The van der Waals surface area contributed by atoms with Crippen molar-refractivity contribution >= 4 is 23.5 Å². The number of ether oxygens (including phenoxy) is 1. The zero-order valence-electron chi connectivity index (χ0n) is 12.7. The minimum Gasteiger partial charge on any atom is -0.481 e. The molecule has 0 saturated carbocycles. The van der Waals surface area contributed by atoms with E-state index in [4.69, 9.17) is 9.84 Å². The predicted octanol–water partition coefficient (Wildman–Crippen LogP) is 2.03. The van der Waals surface area contributed by atoms with Gasteiger partial charge in [-0.1, -0.05) is 30.3 Å². The SMILES string of the molecule is O=C(O)Cc1ccc(NC(=O)[C@H]2Cc3ccccc3C(=O)O2)cc1. The van der Waals surface area contributed by atoms with Crippen LogP contribution in [0.5, 0.6) is 0 Å². The Balaban J connectivity index is 1.67. The molecule has 0 unspecified atom stereocenters. The van der Waals surface area contributed by atoms with Gasteiger partial charge in [-0.25, -0.2) is 4.79 Å². The standard InChI is InChI=1S/C18H15NO5/c20-16(21)9-11-5-7-13(8-6-11)19-17(22)15-10-12-3-1-2-4-14(12)18(23)24-15/h1-8,15H,9-10H2,(H,19,22)(H,20,21)/t15-/m1/s1. The number of carboxylic acid groups (broad SMARTS) is 1. The molecule has 0 bridgehead atoms. The molecule has 24 heavy (non-hydrogen) atoms. The van der Waals surface area contributed by atoms with E-state index in [0.29, 0.717) is 23.2 Å². The highest BCUT2D eigenvalue weighted by Crippen LogP contribution is 2.21. The number of cyclic esters (lactones) is 1. The van der Waals surface area contributed by atoms with Crippen LogP contribution in [0, 0.1) is 0 Å². The Morgan fingerprint density at radius 1 is 1.12 bits per heavy atom. The van der Waals surface area contributed by atoms with Crippen LogP contribution in [-0.4, -0.2) is 29.1 Å². The molecule has 6 heteroatoms. The molecule has 1 aliphatic rings. The summed E-state index contributed by atoms with van der Waals surface area (Å²) in [6.45, 7) is 0. The molecular formula is C18H15NO5. The Kier molecular flexibility index (Phi) is 4.29. The summed E-state index contributed by atoms with van der Waals surface area (Å²) in [7, 11) is 0. The quantitative estimate of drug-likeness (QED) is 0.839. The Labute approximate surface area is 138 Å². The van der Waals surface area contributed by atoms with E-state index in [1.807, 2.05) is 6.07 Å². The van der Waals surface area contributed by atoms with Crippen molar-refractivity contribution in [2.24, 2.45) is 0 Å². The average Bonchev–Trinajstić information content (AvgIpc) is 2.56. The highest BCUT2D eigenvalue weighted by atomic mass is 16.5. The topological polar surface area (TPSA) is 92.7 Å². The summed E-state index contributed by atoms with van der Waals surface area (Å²) in [6.07, 6.45) is -0.637. The van der Waals surface area contributed by atoms with Gasteiger partial charge in [0.1, 0.15) is 0 Å². The predicted molar refractivity (Wildman–Crippen MR) is 85.8 cm³/mol. The number of fused-ring (bicyclic) bond motifs is 1. The lowest BCUT2D eigenvalue weighted by molar-refractivity contribution is -0.136. The second kappa shape index (κ2) is 6.54. The van der Waals surface area contributed by atoms with Gasteiger partial charge in [-0.2, -0.15) is 0 Å². The van der Waals surface area contributed by atoms with Crippen LogP contribution in [0.3, 0.4) is 0 Å². The van der Waals surface area contributed by atoms with Crippen molar-refractivity contribution in [3.63, 3.8) is 0 Å². The molecule has 122 valence electrons. The van der Waals surface area contributed by atoms with Crippen molar-refractivity contribution in [3.8, 4) is 0 Å². The van der Waals surface area contributed by atoms with Crippen LogP contribution >= 0.6 is 0 Å². The van der Waals surface area contributed by atoms with Gasteiger partial charge in [-0.3, -0.25) is 9.59 Å². The molecule has 2 aromatic carbocycles. The fourth-order valence-electron chi connectivity index (χ4n) is 2.58. The van der Waals surface area contributed by atoms with Gasteiger partial charge in [-0.15, -0.1) is 0 Å². The van der Waals surface area contributed by atoms with Gasteiger partial charge in [-0.05, 0) is 29.3 Å². The summed E-state index contributed by atoms with van der Waals surface area (Å²) in [4.78, 5) is 34.9. The van der Waals surface area contributed by atoms with E-state index < -0.39 is 23.9 Å². The van der Waals surface area contributed by atoms with E-state index in [1.54, 1.807) is 42.5 Å². The number of rotatable bonds is 4. The van der Waals surface area contributed by atoms with Gasteiger partial charge in [0.2, 0.25) is 0 Å². The molecule has 0 aromatic heterocycles. The molecule has 2 aromatic rings. The van der Waals surface area contributed by atoms with Crippen LogP contribution in [0.25, 0.3) is 0 Å². The van der Waals surface area contributed by atoms with E-state index in [0.717, 1.165) is 5.56 Å². The van der Waals surface area contributed by atoms with E-state index in [9.17, 15) is 14.4 Å². The van der Waals surface area contributed by atoms with Crippen molar-refractivity contribution in [1.29, 1.82) is 0 Å². The number of esters is 1. The summed E-state index contributed by atoms with van der Waals surface area (Å²) in [5.41, 5.74) is 2.42. The third kappa shape index (κ3) is 3.43. The fourth-order valence-corrected chi connectivity index (χ4v) is 2.58. The zero-order valence-corrected chi connectivity index (χ0v) is 12.7. The van der Waals surface area contributed by atoms with E-state index in [1.165, 1.54) is 0 Å². The number of benzene rings is 2. The second-order valence-electron chi connectivity index (χ2n) is 5.51. The van der Waals surface area contributed by atoms with Gasteiger partial charge in [0.25, 0.3) is 5.91 Å². The van der Waals surface area contributed by atoms with Gasteiger partial charge >= 0.3 is 11.9 Å². The number of amides is 1. The molecule has 1 heterocycles. The van der Waals surface area contributed by atoms with Crippen LogP contribution in [0.1, 0.15) is 21.5 Å². The van der Waals surface area contributed by atoms with Crippen LogP contribution in [-0.2, 0) is 27.2 Å². The first-order valence-corrected chi connectivity index (χ1v) is 7.43. The first-order valence-electron chi connectivity index (χ1n) is 7.43. The Morgan fingerprint density at radius 3 is 2.54 bits per heavy atom. The third-order valence-electron chi connectivity index (χ3n) is 3.76. The van der Waals surface area contributed by atoms with Gasteiger partial charge in [0.05, 0.1) is 12.0 Å². The van der Waals surface area contributed by atoms with E-state index >= 15 is 0 Å². The smallest absolute Gasteiger partial charge is 0.339 e. The molecule has 6 nitrogen and oxygen atoms in total. The molecule has 1 aliphatic heterocycles. The minimum absolute atomic E-state index is 0.0781. The second-order valence-corrected chi connectivity index (χ2v) is 5.51. The van der Waals surface area contributed by atoms with Crippen LogP contribution < -0.4 is 5.32 Å². The van der Waals surface area contributed by atoms with Crippen molar-refractivity contribution < 1.29 is 24.2 Å². The molecule has 3 rings (SSSR count). The minimum atomic E-state index is -0.917. The van der Waals surface area contributed by atoms with Gasteiger partial charge in [0.15, 0.2) is 6.10 Å². The van der Waals surface area contributed by atoms with Gasteiger partial charge < -0.3 is 15.2 Å².